The number of aromatic nitrogens is 3. The Morgan fingerprint density at radius 2 is 2.06 bits per heavy atom. The minimum absolute atomic E-state index is 0.0908. The Morgan fingerprint density at radius 3 is 2.84 bits per heavy atom. The number of pyridine rings is 1. The molecule has 6 nitrogen and oxygen atoms in total. The third kappa shape index (κ3) is 4.78. The Hall–Kier alpha value is -4.00. The molecule has 0 saturated heterocycles. The molecule has 1 amide bonds. The van der Waals surface area contributed by atoms with Crippen LogP contribution in [0.1, 0.15) is 18.3 Å². The number of fused-ring (bicyclic) bond motifs is 1. The van der Waals surface area contributed by atoms with E-state index in [2.05, 4.69) is 19.9 Å². The number of hydrogen-bond acceptors (Lipinski definition) is 4. The van der Waals surface area contributed by atoms with E-state index in [1.807, 2.05) is 31.2 Å². The number of amides is 1. The maximum absolute atomic E-state index is 14.3. The van der Waals surface area contributed by atoms with Crippen LogP contribution >= 0.6 is 0 Å². The number of benzene rings is 2. The van der Waals surface area contributed by atoms with E-state index >= 15 is 0 Å². The second-order valence-electron chi connectivity index (χ2n) is 6.79. The number of nitrogens with zero attached hydrogens (tertiary/aromatic N) is 3. The summed E-state index contributed by atoms with van der Waals surface area (Å²) in [4.78, 5) is 20.8. The zero-order chi connectivity index (χ0) is 21.6. The fourth-order valence-electron chi connectivity index (χ4n) is 3.25. The molecule has 4 rings (SSSR count). The van der Waals surface area contributed by atoms with Crippen molar-refractivity contribution in [2.45, 2.75) is 20.0 Å². The lowest BCUT2D eigenvalue weighted by Gasteiger charge is -2.07. The second-order valence-corrected chi connectivity index (χ2v) is 6.79. The largest absolute Gasteiger partial charge is 0.453 e. The van der Waals surface area contributed by atoms with Gasteiger partial charge in [-0.05, 0) is 55.0 Å². The number of carbonyl (C=O) groups excluding carboxylic acids is 1. The van der Waals surface area contributed by atoms with E-state index < -0.39 is 5.82 Å². The van der Waals surface area contributed by atoms with Crippen molar-refractivity contribution >= 4 is 23.0 Å². The monoisotopic (exact) mass is 416 g/mol. The van der Waals surface area contributed by atoms with Crippen LogP contribution in [0.4, 0.5) is 4.39 Å². The molecule has 2 aromatic heterocycles. The highest BCUT2D eigenvalue weighted by atomic mass is 19.1. The summed E-state index contributed by atoms with van der Waals surface area (Å²) >= 11 is 0. The van der Waals surface area contributed by atoms with Gasteiger partial charge in [-0.15, -0.1) is 0 Å². The van der Waals surface area contributed by atoms with Crippen LogP contribution in [0.15, 0.2) is 73.1 Å². The summed E-state index contributed by atoms with van der Waals surface area (Å²) in [6.07, 6.45) is 6.04. The standard InChI is InChI=1S/C24H21FN4O2/c1-2-29-21-8-4-3-7-20(21)28-23(29)16-27-24(30)12-10-17-9-11-22(19(25)14-17)31-18-6-5-13-26-15-18/h3-15H,2,16H2,1H3,(H,27,30)/b12-10+. The number of rotatable bonds is 7. The Labute approximate surface area is 179 Å². The Morgan fingerprint density at radius 1 is 1.19 bits per heavy atom. The van der Waals surface area contributed by atoms with E-state index in [1.54, 1.807) is 30.5 Å². The quantitative estimate of drug-likeness (QED) is 0.443. The lowest BCUT2D eigenvalue weighted by Crippen LogP contribution is -2.22. The number of aryl methyl sites for hydroxylation is 1. The molecule has 4 aromatic rings. The van der Waals surface area contributed by atoms with E-state index in [-0.39, 0.29) is 11.7 Å². The van der Waals surface area contributed by atoms with Gasteiger partial charge in [-0.3, -0.25) is 9.78 Å². The predicted molar refractivity (Wildman–Crippen MR) is 117 cm³/mol. The Kier molecular flexibility index (Phi) is 6.03. The van der Waals surface area contributed by atoms with Gasteiger partial charge in [-0.1, -0.05) is 18.2 Å². The van der Waals surface area contributed by atoms with Crippen LogP contribution in [-0.4, -0.2) is 20.4 Å². The average molecular weight is 416 g/mol. The van der Waals surface area contributed by atoms with E-state index in [4.69, 9.17) is 4.74 Å². The first-order chi connectivity index (χ1) is 15.1. The zero-order valence-electron chi connectivity index (χ0n) is 17.0. The molecular formula is C24H21FN4O2. The molecule has 0 radical (unpaired) electrons. The molecule has 0 fully saturated rings. The van der Waals surface area contributed by atoms with E-state index in [1.165, 1.54) is 24.4 Å². The molecule has 0 aliphatic heterocycles. The summed E-state index contributed by atoms with van der Waals surface area (Å²) < 4.78 is 21.9. The number of para-hydroxylation sites is 2. The Bertz CT molecular complexity index is 1240. The molecule has 156 valence electrons. The maximum atomic E-state index is 14.3. The highest BCUT2D eigenvalue weighted by Gasteiger charge is 2.10. The summed E-state index contributed by atoms with van der Waals surface area (Å²) in [6, 6.07) is 15.8. The van der Waals surface area contributed by atoms with Gasteiger partial charge in [-0.25, -0.2) is 9.37 Å². The molecule has 0 unspecified atom stereocenters. The molecule has 7 heteroatoms. The number of nitrogens with one attached hydrogen (secondary N) is 1. The van der Waals surface area contributed by atoms with Crippen molar-refractivity contribution in [3.63, 3.8) is 0 Å². The van der Waals surface area contributed by atoms with Gasteiger partial charge < -0.3 is 14.6 Å². The third-order valence-corrected chi connectivity index (χ3v) is 4.72. The summed E-state index contributed by atoms with van der Waals surface area (Å²) in [5.41, 5.74) is 2.48. The van der Waals surface area contributed by atoms with Gasteiger partial charge in [0.1, 0.15) is 11.6 Å². The van der Waals surface area contributed by atoms with Crippen LogP contribution in [0, 0.1) is 5.82 Å². The first kappa shape index (κ1) is 20.3. The van der Waals surface area contributed by atoms with Gasteiger partial charge in [0.15, 0.2) is 11.6 Å². The van der Waals surface area contributed by atoms with Crippen molar-refractivity contribution < 1.29 is 13.9 Å². The molecule has 31 heavy (non-hydrogen) atoms. The van der Waals surface area contributed by atoms with Crippen molar-refractivity contribution in [2.24, 2.45) is 0 Å². The smallest absolute Gasteiger partial charge is 0.244 e. The Balaban J connectivity index is 1.39. The minimum atomic E-state index is -0.525. The highest BCUT2D eigenvalue weighted by molar-refractivity contribution is 5.91. The van der Waals surface area contributed by atoms with Crippen molar-refractivity contribution in [3.05, 3.63) is 90.3 Å². The molecular weight excluding hydrogens is 395 g/mol. The lowest BCUT2D eigenvalue weighted by molar-refractivity contribution is -0.116. The van der Waals surface area contributed by atoms with E-state index in [9.17, 15) is 9.18 Å². The van der Waals surface area contributed by atoms with E-state index in [0.717, 1.165) is 23.4 Å². The van der Waals surface area contributed by atoms with Crippen LogP contribution in [0.2, 0.25) is 0 Å². The molecule has 0 spiro atoms. The van der Waals surface area contributed by atoms with Crippen molar-refractivity contribution in [3.8, 4) is 11.5 Å². The van der Waals surface area contributed by atoms with Gasteiger partial charge in [0.05, 0.1) is 23.8 Å². The van der Waals surface area contributed by atoms with Crippen molar-refractivity contribution in [2.75, 3.05) is 0 Å². The molecule has 2 heterocycles. The number of ether oxygens (including phenoxy) is 1. The SMILES string of the molecule is CCn1c(CNC(=O)/C=C/c2ccc(Oc3cccnc3)c(F)c2)nc2ccccc21. The van der Waals surface area contributed by atoms with Gasteiger partial charge in [0, 0.05) is 18.8 Å². The van der Waals surface area contributed by atoms with E-state index in [0.29, 0.717) is 17.9 Å². The molecule has 1 N–H and O–H groups in total. The summed E-state index contributed by atoms with van der Waals surface area (Å²) in [6.45, 7) is 3.10. The number of imidazole rings is 1. The first-order valence-corrected chi connectivity index (χ1v) is 9.91. The van der Waals surface area contributed by atoms with Gasteiger partial charge in [0.25, 0.3) is 0 Å². The van der Waals surface area contributed by atoms with Crippen molar-refractivity contribution in [1.82, 2.24) is 19.9 Å². The van der Waals surface area contributed by atoms with Gasteiger partial charge >= 0.3 is 0 Å². The number of carbonyl (C=O) groups is 1. The zero-order valence-corrected chi connectivity index (χ0v) is 17.0. The molecule has 0 aliphatic rings. The number of hydrogen-bond donors (Lipinski definition) is 1. The summed E-state index contributed by atoms with van der Waals surface area (Å²) in [5, 5.41) is 2.83. The maximum Gasteiger partial charge on any atom is 0.244 e. The van der Waals surface area contributed by atoms with Crippen molar-refractivity contribution in [1.29, 1.82) is 0 Å². The summed E-state index contributed by atoms with van der Waals surface area (Å²) in [7, 11) is 0. The topological polar surface area (TPSA) is 69.0 Å². The summed E-state index contributed by atoms with van der Waals surface area (Å²) in [5.74, 6) is 0.512. The highest BCUT2D eigenvalue weighted by Crippen LogP contribution is 2.24. The van der Waals surface area contributed by atoms with Gasteiger partial charge in [0.2, 0.25) is 5.91 Å². The lowest BCUT2D eigenvalue weighted by atomic mass is 10.2. The average Bonchev–Trinajstić information content (AvgIpc) is 3.16. The minimum Gasteiger partial charge on any atom is -0.453 e. The van der Waals surface area contributed by atoms with Crippen LogP contribution in [0.5, 0.6) is 11.5 Å². The molecule has 0 saturated carbocycles. The van der Waals surface area contributed by atoms with Crippen LogP contribution < -0.4 is 10.1 Å². The van der Waals surface area contributed by atoms with Crippen LogP contribution in [0.25, 0.3) is 17.1 Å². The first-order valence-electron chi connectivity index (χ1n) is 9.91. The molecule has 0 bridgehead atoms. The molecule has 0 aliphatic carbocycles. The van der Waals surface area contributed by atoms with Gasteiger partial charge in [-0.2, -0.15) is 0 Å². The van der Waals surface area contributed by atoms with Crippen LogP contribution in [0.3, 0.4) is 0 Å². The molecule has 2 aromatic carbocycles. The fourth-order valence-corrected chi connectivity index (χ4v) is 3.25. The molecule has 0 atom stereocenters. The number of halogens is 1. The predicted octanol–water partition coefficient (Wildman–Crippen LogP) is 4.71. The third-order valence-electron chi connectivity index (χ3n) is 4.72. The fraction of sp³-hybridized carbons (Fsp3) is 0.125. The normalized spacial score (nSPS) is 11.2. The second kappa shape index (κ2) is 9.21. The van der Waals surface area contributed by atoms with Crippen LogP contribution in [-0.2, 0) is 17.9 Å².